The van der Waals surface area contributed by atoms with Gasteiger partial charge in [-0.1, -0.05) is 33.0 Å². The number of ether oxygens (including phenoxy) is 2. The van der Waals surface area contributed by atoms with Crippen molar-refractivity contribution in [1.29, 1.82) is 5.26 Å². The lowest BCUT2D eigenvalue weighted by Crippen LogP contribution is -2.55. The molecule has 0 aliphatic heterocycles. The zero-order valence-corrected chi connectivity index (χ0v) is 32.4. The van der Waals surface area contributed by atoms with E-state index in [1.807, 2.05) is 27.7 Å². The minimum absolute atomic E-state index is 0.0208. The number of carbonyl (C=O) groups is 2. The Hall–Kier alpha value is -4.89. The summed E-state index contributed by atoms with van der Waals surface area (Å²) in [4.78, 5) is 31.1. The van der Waals surface area contributed by atoms with E-state index in [-0.39, 0.29) is 48.6 Å². The zero-order valence-electron chi connectivity index (χ0n) is 31.6. The Bertz CT molecular complexity index is 1960. The van der Waals surface area contributed by atoms with Crippen molar-refractivity contribution in [3.05, 3.63) is 70.9 Å². The molecule has 56 heavy (non-hydrogen) atoms. The third kappa shape index (κ3) is 10.9. The molecular formula is C38H41F8N5O4S. The van der Waals surface area contributed by atoms with Crippen molar-refractivity contribution in [2.45, 2.75) is 78.3 Å². The van der Waals surface area contributed by atoms with Gasteiger partial charge in [-0.3, -0.25) is 14.6 Å². The number of likely N-dealkylation sites (N-methyl/N-ethyl adjacent to an activating group) is 1. The first-order valence-corrected chi connectivity index (χ1v) is 17.5. The average molecular weight is 816 g/mol. The maximum absolute atomic E-state index is 15.7. The Kier molecular flexibility index (Phi) is 14.6. The largest absolute Gasteiger partial charge is 0.494 e. The van der Waals surface area contributed by atoms with Crippen molar-refractivity contribution in [3.8, 4) is 23.1 Å². The molecule has 18 heteroatoms. The molecule has 9 nitrogen and oxygen atoms in total. The lowest BCUT2D eigenvalue weighted by atomic mass is 9.88. The smallest absolute Gasteiger partial charge is 0.420 e. The number of thiocarbonyl (C=S) groups is 1. The molecular weight excluding hydrogens is 775 g/mol. The third-order valence-corrected chi connectivity index (χ3v) is 9.15. The van der Waals surface area contributed by atoms with E-state index in [0.29, 0.717) is 29.9 Å². The predicted molar refractivity (Wildman–Crippen MR) is 197 cm³/mol. The van der Waals surface area contributed by atoms with E-state index >= 15 is 8.78 Å². The zero-order chi connectivity index (χ0) is 42.4. The number of aromatic nitrogens is 1. The van der Waals surface area contributed by atoms with Crippen LogP contribution in [0.4, 0.5) is 46.5 Å². The van der Waals surface area contributed by atoms with E-state index in [1.54, 1.807) is 0 Å². The lowest BCUT2D eigenvalue weighted by molar-refractivity contribution is -0.140. The van der Waals surface area contributed by atoms with E-state index in [4.69, 9.17) is 27.0 Å². The summed E-state index contributed by atoms with van der Waals surface area (Å²) in [7, 11) is 0.983. The van der Waals surface area contributed by atoms with Crippen LogP contribution in [0, 0.1) is 28.4 Å². The van der Waals surface area contributed by atoms with Crippen LogP contribution in [0.5, 0.6) is 5.75 Å². The van der Waals surface area contributed by atoms with Crippen LogP contribution in [0.1, 0.15) is 71.1 Å². The molecule has 0 saturated heterocycles. The molecule has 0 saturated carbocycles. The molecule has 0 aliphatic rings. The van der Waals surface area contributed by atoms with Gasteiger partial charge in [0, 0.05) is 31.3 Å². The highest BCUT2D eigenvalue weighted by atomic mass is 32.1. The van der Waals surface area contributed by atoms with Crippen LogP contribution in [0.25, 0.3) is 11.3 Å². The molecule has 1 heterocycles. The normalized spacial score (nSPS) is 12.8. The van der Waals surface area contributed by atoms with E-state index < -0.39 is 69.1 Å². The SMILES string of the molecule is CC(NC(=O)COCCCCOc1ccc(-c2ncc(N(C=S)C(C)(C)C(=O)N(C)c3ccc(C#N)c(C(F)(F)F)c3F)cc2F)c(C(F)(F)F)c1)C(C)(C)C. The van der Waals surface area contributed by atoms with Gasteiger partial charge in [0.1, 0.15) is 29.2 Å². The molecule has 1 N–H and O–H groups in total. The second-order valence-corrected chi connectivity index (χ2v) is 14.5. The van der Waals surface area contributed by atoms with Crippen LogP contribution >= 0.6 is 12.2 Å². The summed E-state index contributed by atoms with van der Waals surface area (Å²) in [6.45, 7) is 10.4. The quantitative estimate of drug-likeness (QED) is 0.0922. The Morgan fingerprint density at radius 3 is 2.18 bits per heavy atom. The summed E-state index contributed by atoms with van der Waals surface area (Å²) in [5.74, 6) is -4.56. The van der Waals surface area contributed by atoms with Gasteiger partial charge in [-0.05, 0) is 69.4 Å². The summed E-state index contributed by atoms with van der Waals surface area (Å²) >= 11 is 5.04. The number of unbranched alkanes of at least 4 members (excludes halogenated alkanes) is 1. The number of carbonyl (C=O) groups excluding carboxylic acids is 2. The van der Waals surface area contributed by atoms with Gasteiger partial charge in [0.05, 0.1) is 46.9 Å². The van der Waals surface area contributed by atoms with Gasteiger partial charge in [-0.15, -0.1) is 0 Å². The maximum Gasteiger partial charge on any atom is 0.420 e. The van der Waals surface area contributed by atoms with Crippen LogP contribution in [0.2, 0.25) is 0 Å². The van der Waals surface area contributed by atoms with Gasteiger partial charge in [0.25, 0.3) is 5.91 Å². The van der Waals surface area contributed by atoms with Crippen LogP contribution in [-0.2, 0) is 26.7 Å². The van der Waals surface area contributed by atoms with Crippen molar-refractivity contribution in [2.75, 3.05) is 36.7 Å². The van der Waals surface area contributed by atoms with Crippen LogP contribution in [0.15, 0.2) is 42.6 Å². The summed E-state index contributed by atoms with van der Waals surface area (Å²) < 4.78 is 125. The molecule has 0 spiro atoms. The van der Waals surface area contributed by atoms with Gasteiger partial charge >= 0.3 is 12.4 Å². The first-order chi connectivity index (χ1) is 25.9. The topological polar surface area (TPSA) is 108 Å². The lowest BCUT2D eigenvalue weighted by Gasteiger charge is -2.38. The summed E-state index contributed by atoms with van der Waals surface area (Å²) in [6, 6.07) is 6.39. The molecule has 3 rings (SSSR count). The Morgan fingerprint density at radius 1 is 0.982 bits per heavy atom. The Balaban J connectivity index is 1.76. The number of nitrogens with zero attached hydrogens (tertiary/aromatic N) is 4. The Labute approximate surface area is 324 Å². The number of hydrogen-bond donors (Lipinski definition) is 1. The molecule has 1 atom stereocenters. The number of hydrogen-bond acceptors (Lipinski definition) is 7. The fourth-order valence-corrected chi connectivity index (χ4v) is 5.69. The molecule has 0 aliphatic carbocycles. The summed E-state index contributed by atoms with van der Waals surface area (Å²) in [5.41, 5.74) is -7.57. The minimum atomic E-state index is -5.27. The number of alkyl halides is 6. The summed E-state index contributed by atoms with van der Waals surface area (Å²) in [6.07, 6.45) is -8.44. The van der Waals surface area contributed by atoms with Crippen molar-refractivity contribution in [2.24, 2.45) is 5.41 Å². The first kappa shape index (κ1) is 45.5. The number of amides is 2. The van der Waals surface area contributed by atoms with E-state index in [1.165, 1.54) is 26.0 Å². The van der Waals surface area contributed by atoms with Gasteiger partial charge in [-0.2, -0.15) is 31.6 Å². The monoisotopic (exact) mass is 815 g/mol. The molecule has 1 unspecified atom stereocenters. The predicted octanol–water partition coefficient (Wildman–Crippen LogP) is 8.87. The van der Waals surface area contributed by atoms with Gasteiger partial charge in [-0.25, -0.2) is 8.78 Å². The van der Waals surface area contributed by atoms with E-state index in [2.05, 4.69) is 10.3 Å². The fourth-order valence-electron chi connectivity index (χ4n) is 5.31. The van der Waals surface area contributed by atoms with Crippen LogP contribution < -0.4 is 19.9 Å². The van der Waals surface area contributed by atoms with Crippen molar-refractivity contribution in [3.63, 3.8) is 0 Å². The highest BCUT2D eigenvalue weighted by molar-refractivity contribution is 7.79. The number of anilines is 2. The van der Waals surface area contributed by atoms with E-state index in [9.17, 15) is 35.9 Å². The average Bonchev–Trinajstić information content (AvgIpc) is 3.09. The maximum atomic E-state index is 15.7. The molecule has 2 amide bonds. The van der Waals surface area contributed by atoms with Gasteiger partial charge < -0.3 is 24.6 Å². The second kappa shape index (κ2) is 17.9. The molecule has 0 bridgehead atoms. The minimum Gasteiger partial charge on any atom is -0.494 e. The molecule has 0 radical (unpaired) electrons. The van der Waals surface area contributed by atoms with Gasteiger partial charge in [0.2, 0.25) is 5.91 Å². The van der Waals surface area contributed by atoms with Crippen molar-refractivity contribution < 1.29 is 54.2 Å². The van der Waals surface area contributed by atoms with Crippen molar-refractivity contribution >= 4 is 40.9 Å². The summed E-state index contributed by atoms with van der Waals surface area (Å²) in [5, 5.41) is 11.9. The highest BCUT2D eigenvalue weighted by Gasteiger charge is 2.42. The van der Waals surface area contributed by atoms with Crippen LogP contribution in [-0.4, -0.2) is 60.7 Å². The molecule has 2 aromatic carbocycles. The van der Waals surface area contributed by atoms with Gasteiger partial charge in [0.15, 0.2) is 11.6 Å². The highest BCUT2D eigenvalue weighted by Crippen LogP contribution is 2.41. The number of rotatable bonds is 15. The third-order valence-electron chi connectivity index (χ3n) is 8.94. The molecule has 3 aromatic rings. The van der Waals surface area contributed by atoms with E-state index in [0.717, 1.165) is 41.8 Å². The van der Waals surface area contributed by atoms with Crippen LogP contribution in [0.3, 0.4) is 0 Å². The van der Waals surface area contributed by atoms with Crippen molar-refractivity contribution in [1.82, 2.24) is 10.3 Å². The number of benzene rings is 2. The first-order valence-electron chi connectivity index (χ1n) is 17.1. The number of nitriles is 1. The molecule has 0 fully saturated rings. The second-order valence-electron chi connectivity index (χ2n) is 14.3. The fraction of sp³-hybridized carbons (Fsp3) is 0.447. The Morgan fingerprint density at radius 2 is 1.62 bits per heavy atom. The molecule has 1 aromatic heterocycles. The number of nitrogens with one attached hydrogen (secondary N) is 1. The standard InChI is InChI=1S/C38H41F8N5O4S/c1-22(35(2,3)4)49-30(52)20-54-14-8-9-15-55-25-11-12-26(27(17-25)37(41,42)43)33-28(39)16-24(19-48-33)51(21-56)36(5,6)34(53)50(7)29-13-10-23(18-47)31(32(29)40)38(44,45)46/h10-13,16-17,19,21-22H,8-9,14-15,20H2,1-7H3,(H,49,52). The molecule has 304 valence electrons. The number of pyridine rings is 1. The number of halogens is 8.